The SMILES string of the molecule is O=C(Nc1ccc(F)c(Cl)c1)c1ccc(F)c(S(=O)(=O)Cl)c1. The Morgan fingerprint density at radius 3 is 2.27 bits per heavy atom. The summed E-state index contributed by atoms with van der Waals surface area (Å²) >= 11 is 5.58. The number of carbonyl (C=O) groups is 1. The van der Waals surface area contributed by atoms with Crippen molar-refractivity contribution in [2.45, 2.75) is 4.90 Å². The molecule has 0 spiro atoms. The van der Waals surface area contributed by atoms with Crippen LogP contribution in [0.4, 0.5) is 14.5 Å². The van der Waals surface area contributed by atoms with Crippen LogP contribution in [0.3, 0.4) is 0 Å². The average molecular weight is 366 g/mol. The Morgan fingerprint density at radius 1 is 1.05 bits per heavy atom. The molecule has 0 fully saturated rings. The molecule has 2 rings (SSSR count). The number of rotatable bonds is 3. The highest BCUT2D eigenvalue weighted by atomic mass is 35.7. The molecular formula is C13H7Cl2F2NO3S. The molecule has 0 aliphatic rings. The third-order valence-corrected chi connectivity index (χ3v) is 4.26. The number of halogens is 4. The molecule has 2 aromatic carbocycles. The van der Waals surface area contributed by atoms with E-state index in [0.717, 1.165) is 24.3 Å². The lowest BCUT2D eigenvalue weighted by Crippen LogP contribution is -2.13. The van der Waals surface area contributed by atoms with Gasteiger partial charge in [0.25, 0.3) is 15.0 Å². The van der Waals surface area contributed by atoms with Gasteiger partial charge in [-0.2, -0.15) is 0 Å². The fourth-order valence-electron chi connectivity index (χ4n) is 1.61. The Balaban J connectivity index is 2.32. The van der Waals surface area contributed by atoms with E-state index in [4.69, 9.17) is 22.3 Å². The lowest BCUT2D eigenvalue weighted by Gasteiger charge is -2.07. The highest BCUT2D eigenvalue weighted by Crippen LogP contribution is 2.22. The van der Waals surface area contributed by atoms with Gasteiger partial charge in [0.05, 0.1) is 5.02 Å². The second-order valence-corrected chi connectivity index (χ2v) is 7.11. The van der Waals surface area contributed by atoms with Crippen molar-refractivity contribution in [3.05, 3.63) is 58.6 Å². The van der Waals surface area contributed by atoms with E-state index in [0.29, 0.717) is 0 Å². The van der Waals surface area contributed by atoms with E-state index in [1.807, 2.05) is 0 Å². The van der Waals surface area contributed by atoms with E-state index >= 15 is 0 Å². The number of hydrogen-bond donors (Lipinski definition) is 1. The summed E-state index contributed by atoms with van der Waals surface area (Å²) in [7, 11) is 0.752. The van der Waals surface area contributed by atoms with Gasteiger partial charge in [-0.1, -0.05) is 11.6 Å². The largest absolute Gasteiger partial charge is 0.322 e. The highest BCUT2D eigenvalue weighted by molar-refractivity contribution is 8.13. The molecule has 0 radical (unpaired) electrons. The maximum Gasteiger partial charge on any atom is 0.264 e. The van der Waals surface area contributed by atoms with Gasteiger partial charge in [-0.05, 0) is 36.4 Å². The number of amides is 1. The average Bonchev–Trinajstić information content (AvgIpc) is 2.42. The molecule has 0 heterocycles. The number of benzene rings is 2. The van der Waals surface area contributed by atoms with Crippen LogP contribution in [-0.2, 0) is 9.05 Å². The van der Waals surface area contributed by atoms with Gasteiger partial charge in [0.2, 0.25) is 0 Å². The van der Waals surface area contributed by atoms with Crippen LogP contribution in [0.1, 0.15) is 10.4 Å². The van der Waals surface area contributed by atoms with Crippen molar-refractivity contribution in [2.75, 3.05) is 5.32 Å². The second kappa shape index (κ2) is 6.20. The predicted molar refractivity (Wildman–Crippen MR) is 78.8 cm³/mol. The van der Waals surface area contributed by atoms with Crippen molar-refractivity contribution in [2.24, 2.45) is 0 Å². The molecule has 0 saturated heterocycles. The van der Waals surface area contributed by atoms with Crippen molar-refractivity contribution < 1.29 is 22.0 Å². The number of hydrogen-bond acceptors (Lipinski definition) is 3. The maximum atomic E-state index is 13.4. The van der Waals surface area contributed by atoms with Crippen LogP contribution in [0.2, 0.25) is 5.02 Å². The van der Waals surface area contributed by atoms with E-state index in [1.165, 1.54) is 12.1 Å². The molecule has 9 heteroatoms. The molecule has 22 heavy (non-hydrogen) atoms. The molecule has 0 saturated carbocycles. The first-order valence-corrected chi connectivity index (χ1v) is 8.38. The van der Waals surface area contributed by atoms with Crippen LogP contribution in [0.25, 0.3) is 0 Å². The molecule has 1 N–H and O–H groups in total. The van der Waals surface area contributed by atoms with E-state index in [2.05, 4.69) is 5.32 Å². The fourth-order valence-corrected chi connectivity index (χ4v) is 2.71. The van der Waals surface area contributed by atoms with Gasteiger partial charge < -0.3 is 5.32 Å². The molecule has 0 aliphatic carbocycles. The summed E-state index contributed by atoms with van der Waals surface area (Å²) in [4.78, 5) is 11.2. The zero-order chi connectivity index (χ0) is 16.5. The molecule has 0 aromatic heterocycles. The van der Waals surface area contributed by atoms with Crippen LogP contribution in [0.5, 0.6) is 0 Å². The zero-order valence-corrected chi connectivity index (χ0v) is 12.9. The molecule has 0 atom stereocenters. The maximum absolute atomic E-state index is 13.4. The van der Waals surface area contributed by atoms with E-state index in [9.17, 15) is 22.0 Å². The first-order chi connectivity index (χ1) is 10.2. The second-order valence-electron chi connectivity index (χ2n) is 4.17. The Morgan fingerprint density at radius 2 is 1.68 bits per heavy atom. The van der Waals surface area contributed by atoms with E-state index < -0.39 is 31.5 Å². The number of carbonyl (C=O) groups excluding carboxylic acids is 1. The zero-order valence-electron chi connectivity index (χ0n) is 10.6. The van der Waals surface area contributed by atoms with Crippen molar-refractivity contribution in [1.82, 2.24) is 0 Å². The van der Waals surface area contributed by atoms with Gasteiger partial charge in [0.15, 0.2) is 0 Å². The van der Waals surface area contributed by atoms with E-state index in [1.54, 1.807) is 0 Å². The third kappa shape index (κ3) is 3.73. The smallest absolute Gasteiger partial charge is 0.264 e. The van der Waals surface area contributed by atoms with Gasteiger partial charge in [-0.3, -0.25) is 4.79 Å². The van der Waals surface area contributed by atoms with Gasteiger partial charge >= 0.3 is 0 Å². The van der Waals surface area contributed by atoms with Crippen LogP contribution in [-0.4, -0.2) is 14.3 Å². The summed E-state index contributed by atoms with van der Waals surface area (Å²) < 4.78 is 48.8. The van der Waals surface area contributed by atoms with Gasteiger partial charge in [-0.15, -0.1) is 0 Å². The first-order valence-electron chi connectivity index (χ1n) is 5.69. The molecule has 0 aliphatic heterocycles. The fraction of sp³-hybridized carbons (Fsp3) is 0. The summed E-state index contributed by atoms with van der Waals surface area (Å²) in [5, 5.41) is 2.18. The monoisotopic (exact) mass is 365 g/mol. The predicted octanol–water partition coefficient (Wildman–Crippen LogP) is 3.80. The standard InChI is InChI=1S/C13H7Cl2F2NO3S/c14-9-6-8(2-4-10(9)16)18-13(19)7-1-3-11(17)12(5-7)22(15,20)21/h1-6H,(H,18,19). The third-order valence-electron chi connectivity index (χ3n) is 2.63. The molecule has 2 aromatic rings. The van der Waals surface area contributed by atoms with Crippen molar-refractivity contribution in [1.29, 1.82) is 0 Å². The first kappa shape index (κ1) is 16.7. The molecule has 116 valence electrons. The molecule has 1 amide bonds. The topological polar surface area (TPSA) is 63.2 Å². The molecule has 4 nitrogen and oxygen atoms in total. The molecule has 0 unspecified atom stereocenters. The Kier molecular flexibility index (Phi) is 4.69. The minimum Gasteiger partial charge on any atom is -0.322 e. The number of anilines is 1. The van der Waals surface area contributed by atoms with Crippen LogP contribution >= 0.6 is 22.3 Å². The van der Waals surface area contributed by atoms with Crippen LogP contribution < -0.4 is 5.32 Å². The van der Waals surface area contributed by atoms with Gasteiger partial charge in [0, 0.05) is 21.9 Å². The van der Waals surface area contributed by atoms with E-state index in [-0.39, 0.29) is 16.3 Å². The lowest BCUT2D eigenvalue weighted by molar-refractivity contribution is 0.102. The van der Waals surface area contributed by atoms with Crippen molar-refractivity contribution in [3.63, 3.8) is 0 Å². The Bertz CT molecular complexity index is 856. The minimum absolute atomic E-state index is 0.138. The van der Waals surface area contributed by atoms with Crippen LogP contribution in [0, 0.1) is 11.6 Å². The van der Waals surface area contributed by atoms with Gasteiger partial charge in [0.1, 0.15) is 16.5 Å². The Hall–Kier alpha value is -1.70. The van der Waals surface area contributed by atoms with Gasteiger partial charge in [-0.25, -0.2) is 17.2 Å². The highest BCUT2D eigenvalue weighted by Gasteiger charge is 2.19. The van der Waals surface area contributed by atoms with Crippen molar-refractivity contribution >= 4 is 42.9 Å². The summed E-state index contributed by atoms with van der Waals surface area (Å²) in [5.74, 6) is -2.46. The quantitative estimate of drug-likeness (QED) is 0.841. The molecule has 0 bridgehead atoms. The Labute approximate surface area is 134 Å². The summed E-state index contributed by atoms with van der Waals surface area (Å²) in [6.07, 6.45) is 0. The summed E-state index contributed by atoms with van der Waals surface area (Å²) in [6, 6.07) is 6.19. The summed E-state index contributed by atoms with van der Waals surface area (Å²) in [6.45, 7) is 0. The van der Waals surface area contributed by atoms with Crippen LogP contribution in [0.15, 0.2) is 41.3 Å². The lowest BCUT2D eigenvalue weighted by atomic mass is 10.2. The number of nitrogens with one attached hydrogen (secondary N) is 1. The minimum atomic E-state index is -4.33. The van der Waals surface area contributed by atoms with Crippen molar-refractivity contribution in [3.8, 4) is 0 Å². The molecular weight excluding hydrogens is 359 g/mol. The normalized spacial score (nSPS) is 11.3. The summed E-state index contributed by atoms with van der Waals surface area (Å²) in [5.41, 5.74) is 0.0529.